The maximum atomic E-state index is 4.93. The molecular formula is C24H28Cl2Zr. The van der Waals surface area contributed by atoms with Gasteiger partial charge in [-0.15, -0.1) is 0 Å². The quantitative estimate of drug-likeness (QED) is 0.413. The van der Waals surface area contributed by atoms with Crippen molar-refractivity contribution >= 4 is 23.1 Å². The van der Waals surface area contributed by atoms with Crippen LogP contribution in [0.25, 0.3) is 17.2 Å². The molecular weight excluding hydrogens is 450 g/mol. The molecule has 0 nitrogen and oxygen atoms in total. The second-order valence-corrected chi connectivity index (χ2v) is 11.4. The molecule has 0 amide bonds. The van der Waals surface area contributed by atoms with Gasteiger partial charge in [0, 0.05) is 0 Å². The Labute approximate surface area is 183 Å². The Morgan fingerprint density at radius 2 is 1.67 bits per heavy atom. The van der Waals surface area contributed by atoms with Crippen molar-refractivity contribution in [2.24, 2.45) is 0 Å². The summed E-state index contributed by atoms with van der Waals surface area (Å²) in [5, 5.41) is 0. The van der Waals surface area contributed by atoms with E-state index in [0.717, 1.165) is 12.3 Å². The Morgan fingerprint density at radius 3 is 2.33 bits per heavy atom. The molecule has 2 aliphatic carbocycles. The average Bonchev–Trinajstić information content (AvgIpc) is 3.12. The van der Waals surface area contributed by atoms with E-state index in [0.29, 0.717) is 0 Å². The Bertz CT molecular complexity index is 758. The number of hydrogen-bond donors (Lipinski definition) is 0. The Kier molecular flexibility index (Phi) is 8.69. The van der Waals surface area contributed by atoms with Crippen molar-refractivity contribution in [1.29, 1.82) is 0 Å². The summed E-state index contributed by atoms with van der Waals surface area (Å²) in [6.45, 7) is 2.27. The zero-order valence-electron chi connectivity index (χ0n) is 16.1. The summed E-state index contributed by atoms with van der Waals surface area (Å²) in [6.07, 6.45) is 13.1. The molecule has 0 unspecified atom stereocenters. The molecule has 0 aromatic heterocycles. The van der Waals surface area contributed by atoms with Gasteiger partial charge in [-0.05, 0) is 59.4 Å². The molecule has 1 saturated carbocycles. The van der Waals surface area contributed by atoms with Crippen LogP contribution in [-0.2, 0) is 27.3 Å². The number of benzene rings is 2. The molecule has 0 saturated heterocycles. The molecule has 0 spiro atoms. The van der Waals surface area contributed by atoms with Gasteiger partial charge in [0.1, 0.15) is 0 Å². The van der Waals surface area contributed by atoms with Gasteiger partial charge < -0.3 is 0 Å². The van der Waals surface area contributed by atoms with Crippen LogP contribution in [0.2, 0.25) is 0 Å². The molecule has 0 heterocycles. The van der Waals surface area contributed by atoms with Gasteiger partial charge in [-0.2, -0.15) is 0 Å². The van der Waals surface area contributed by atoms with Crippen molar-refractivity contribution in [3.05, 3.63) is 64.7 Å². The molecule has 27 heavy (non-hydrogen) atoms. The first-order valence-corrected chi connectivity index (χ1v) is 16.5. The van der Waals surface area contributed by atoms with Gasteiger partial charge >= 0.3 is 37.9 Å². The van der Waals surface area contributed by atoms with Gasteiger partial charge in [-0.1, -0.05) is 86.7 Å². The summed E-state index contributed by atoms with van der Waals surface area (Å²) in [4.78, 5) is 0. The van der Waals surface area contributed by atoms with Crippen LogP contribution in [0.4, 0.5) is 0 Å². The minimum atomic E-state index is -0.826. The molecule has 2 aromatic carbocycles. The van der Waals surface area contributed by atoms with Gasteiger partial charge in [0.2, 0.25) is 0 Å². The number of hydrogen-bond acceptors (Lipinski definition) is 0. The van der Waals surface area contributed by atoms with Crippen LogP contribution in [0.3, 0.4) is 0 Å². The van der Waals surface area contributed by atoms with Crippen LogP contribution in [0, 0.1) is 0 Å². The van der Waals surface area contributed by atoms with Crippen molar-refractivity contribution in [1.82, 2.24) is 0 Å². The predicted molar refractivity (Wildman–Crippen MR) is 116 cm³/mol. The van der Waals surface area contributed by atoms with Gasteiger partial charge in [0.25, 0.3) is 0 Å². The van der Waals surface area contributed by atoms with Crippen LogP contribution < -0.4 is 0 Å². The molecule has 2 aliphatic rings. The average molecular weight is 479 g/mol. The second kappa shape index (κ2) is 11.0. The van der Waals surface area contributed by atoms with Gasteiger partial charge in [0.05, 0.1) is 0 Å². The fraction of sp³-hybridized carbons (Fsp3) is 0.417. The topological polar surface area (TPSA) is 0 Å². The number of rotatable bonds is 4. The van der Waals surface area contributed by atoms with E-state index in [4.69, 9.17) is 17.0 Å². The molecule has 3 heteroatoms. The minimum absolute atomic E-state index is 0.797. The summed E-state index contributed by atoms with van der Waals surface area (Å²) in [5.41, 5.74) is 8.90. The molecule has 0 atom stereocenters. The summed E-state index contributed by atoms with van der Waals surface area (Å²) in [5.74, 6) is 0.797. The Morgan fingerprint density at radius 1 is 0.963 bits per heavy atom. The molecule has 0 aliphatic heterocycles. The van der Waals surface area contributed by atoms with Crippen LogP contribution in [0.5, 0.6) is 0 Å². The van der Waals surface area contributed by atoms with Crippen LogP contribution in [0.1, 0.15) is 74.5 Å². The van der Waals surface area contributed by atoms with E-state index in [9.17, 15) is 0 Å². The Hall–Kier alpha value is -0.357. The Balaban J connectivity index is 0.000000659. The summed E-state index contributed by atoms with van der Waals surface area (Å²) in [6, 6.07) is 16.3. The second-order valence-electron chi connectivity index (χ2n) is 7.64. The molecule has 0 radical (unpaired) electrons. The van der Waals surface area contributed by atoms with E-state index in [-0.39, 0.29) is 0 Å². The zero-order chi connectivity index (χ0) is 19.1. The molecule has 142 valence electrons. The first-order valence-electron chi connectivity index (χ1n) is 10.1. The number of fused-ring (bicyclic) bond motifs is 1. The predicted octanol–water partition coefficient (Wildman–Crippen LogP) is 8.52. The van der Waals surface area contributed by atoms with Gasteiger partial charge in [-0.25, -0.2) is 0 Å². The van der Waals surface area contributed by atoms with E-state index >= 15 is 0 Å². The van der Waals surface area contributed by atoms with Crippen molar-refractivity contribution in [3.8, 4) is 11.1 Å². The monoisotopic (exact) mass is 476 g/mol. The van der Waals surface area contributed by atoms with Gasteiger partial charge in [0.15, 0.2) is 0 Å². The first-order chi connectivity index (χ1) is 13.3. The zero-order valence-corrected chi connectivity index (χ0v) is 20.1. The van der Waals surface area contributed by atoms with E-state index in [1.54, 1.807) is 11.1 Å². The van der Waals surface area contributed by atoms with E-state index in [1.807, 2.05) is 0 Å². The standard InChI is InChI=1S/C24H28.2ClH.Zr/c1-2-7-18-16-22-10-6-11-23(24(22)17-18)21-14-12-20(13-15-21)19-8-4-3-5-9-19;;;/h6,10-15,17,19H,2-5,7-9,16H2,1H3;2*1H;/q;;;+2/p-2. The molecule has 2 aromatic rings. The fourth-order valence-corrected chi connectivity index (χ4v) is 4.54. The van der Waals surface area contributed by atoms with Crippen molar-refractivity contribution in [3.63, 3.8) is 0 Å². The normalized spacial score (nSPS) is 16.2. The van der Waals surface area contributed by atoms with Crippen molar-refractivity contribution < 1.29 is 20.8 Å². The van der Waals surface area contributed by atoms with E-state index in [1.165, 1.54) is 67.2 Å². The van der Waals surface area contributed by atoms with Crippen molar-refractivity contribution in [2.45, 2.75) is 64.2 Å². The molecule has 0 N–H and O–H groups in total. The van der Waals surface area contributed by atoms with Crippen LogP contribution in [-0.4, -0.2) is 0 Å². The SMILES string of the molecule is CCCC1=Cc2c(cccc2-c2ccc(C3CCCCC3)cc2)C1.[Cl][Zr][Cl]. The third-order valence-electron chi connectivity index (χ3n) is 5.83. The van der Waals surface area contributed by atoms with Gasteiger partial charge in [-0.3, -0.25) is 0 Å². The third kappa shape index (κ3) is 5.59. The van der Waals surface area contributed by atoms with E-state index < -0.39 is 20.8 Å². The first kappa shape index (κ1) is 21.4. The summed E-state index contributed by atoms with van der Waals surface area (Å²) < 4.78 is 0. The fourth-order valence-electron chi connectivity index (χ4n) is 4.54. The maximum absolute atomic E-state index is 4.93. The van der Waals surface area contributed by atoms with Crippen LogP contribution in [0.15, 0.2) is 48.0 Å². The third-order valence-corrected chi connectivity index (χ3v) is 5.83. The molecule has 1 fully saturated rings. The summed E-state index contributed by atoms with van der Waals surface area (Å²) >= 11 is -0.826. The molecule has 4 rings (SSSR count). The van der Waals surface area contributed by atoms with E-state index in [2.05, 4.69) is 55.5 Å². The molecule has 0 bridgehead atoms. The number of halogens is 2. The van der Waals surface area contributed by atoms with Crippen LogP contribution >= 0.6 is 17.0 Å². The summed E-state index contributed by atoms with van der Waals surface area (Å²) in [7, 11) is 9.87. The van der Waals surface area contributed by atoms with Crippen molar-refractivity contribution in [2.75, 3.05) is 0 Å². The number of allylic oxidation sites excluding steroid dienone is 1.